The molecular weight excluding hydrogens is 496 g/mol. The highest BCUT2D eigenvalue weighted by atomic mass is 16.5. The molecule has 0 saturated carbocycles. The smallest absolute Gasteiger partial charge is 0.127 e. The second-order valence-electron chi connectivity index (χ2n) is 9.57. The molecule has 5 heteroatoms. The number of phenolic OH excluding ortho intramolecular Hbond substituents is 2. The van der Waals surface area contributed by atoms with E-state index in [1.54, 1.807) is 25.6 Å². The molecule has 0 aromatic heterocycles. The van der Waals surface area contributed by atoms with Gasteiger partial charge in [-0.1, -0.05) is 60.7 Å². The van der Waals surface area contributed by atoms with Crippen LogP contribution in [0.5, 0.6) is 17.2 Å². The van der Waals surface area contributed by atoms with Gasteiger partial charge in [-0.15, -0.1) is 0 Å². The van der Waals surface area contributed by atoms with Crippen molar-refractivity contribution in [2.24, 2.45) is 9.98 Å². The van der Waals surface area contributed by atoms with Crippen LogP contribution < -0.4 is 4.74 Å². The molecule has 0 amide bonds. The van der Waals surface area contributed by atoms with Crippen LogP contribution in [0.3, 0.4) is 0 Å². The summed E-state index contributed by atoms with van der Waals surface area (Å²) in [7, 11) is 1.60. The maximum atomic E-state index is 10.8. The Kier molecular flexibility index (Phi) is 7.74. The quantitative estimate of drug-likeness (QED) is 0.209. The number of nitrogens with zero attached hydrogens (tertiary/aromatic N) is 2. The van der Waals surface area contributed by atoms with Gasteiger partial charge >= 0.3 is 0 Å². The van der Waals surface area contributed by atoms with Crippen molar-refractivity contribution in [3.8, 4) is 39.5 Å². The molecule has 0 saturated heterocycles. The average Bonchev–Trinajstić information content (AvgIpc) is 2.99. The highest BCUT2D eigenvalue weighted by Gasteiger charge is 2.10. The summed E-state index contributed by atoms with van der Waals surface area (Å²) >= 11 is 0. The zero-order chi connectivity index (χ0) is 28.1. The van der Waals surface area contributed by atoms with Crippen molar-refractivity contribution >= 4 is 23.8 Å². The van der Waals surface area contributed by atoms with Gasteiger partial charge in [0.25, 0.3) is 0 Å². The fourth-order valence-corrected chi connectivity index (χ4v) is 4.53. The maximum Gasteiger partial charge on any atom is 0.127 e. The largest absolute Gasteiger partial charge is 0.507 e. The number of methoxy groups -OCH3 is 1. The van der Waals surface area contributed by atoms with Crippen molar-refractivity contribution in [2.45, 2.75) is 13.8 Å². The minimum Gasteiger partial charge on any atom is -0.507 e. The first-order chi connectivity index (χ1) is 19.4. The van der Waals surface area contributed by atoms with E-state index in [9.17, 15) is 10.2 Å². The van der Waals surface area contributed by atoms with Crippen molar-refractivity contribution in [1.29, 1.82) is 0 Å². The van der Waals surface area contributed by atoms with E-state index in [2.05, 4.69) is 4.99 Å². The molecule has 2 N–H and O–H groups in total. The molecule has 5 aromatic rings. The van der Waals surface area contributed by atoms with E-state index in [-0.39, 0.29) is 11.5 Å². The number of hydrogen-bond donors (Lipinski definition) is 2. The number of aliphatic imine (C=N–C) groups is 2. The van der Waals surface area contributed by atoms with Crippen molar-refractivity contribution in [3.05, 3.63) is 125 Å². The molecule has 0 bridgehead atoms. The van der Waals surface area contributed by atoms with Gasteiger partial charge in [0.2, 0.25) is 0 Å². The number of hydrogen-bond acceptors (Lipinski definition) is 5. The summed E-state index contributed by atoms with van der Waals surface area (Å²) in [6.45, 7) is 3.75. The van der Waals surface area contributed by atoms with E-state index in [1.165, 1.54) is 0 Å². The van der Waals surface area contributed by atoms with Gasteiger partial charge in [0.05, 0.1) is 18.5 Å². The zero-order valence-corrected chi connectivity index (χ0v) is 22.7. The fourth-order valence-electron chi connectivity index (χ4n) is 4.53. The Labute approximate surface area is 234 Å². The number of phenols is 2. The molecule has 0 unspecified atom stereocenters. The average molecular weight is 527 g/mol. The third kappa shape index (κ3) is 5.79. The van der Waals surface area contributed by atoms with E-state index in [0.29, 0.717) is 28.3 Å². The lowest BCUT2D eigenvalue weighted by atomic mass is 9.99. The molecule has 0 aliphatic rings. The lowest BCUT2D eigenvalue weighted by Gasteiger charge is -2.10. The van der Waals surface area contributed by atoms with E-state index in [0.717, 1.165) is 33.4 Å². The molecule has 0 aliphatic carbocycles. The van der Waals surface area contributed by atoms with Crippen LogP contribution in [-0.4, -0.2) is 29.8 Å². The molecule has 0 heterocycles. The minimum atomic E-state index is 0.175. The van der Waals surface area contributed by atoms with Gasteiger partial charge in [-0.3, -0.25) is 9.98 Å². The lowest BCUT2D eigenvalue weighted by molar-refractivity contribution is 0.415. The Hall–Kier alpha value is -5.16. The first kappa shape index (κ1) is 26.4. The van der Waals surface area contributed by atoms with Gasteiger partial charge in [0.15, 0.2) is 0 Å². The minimum absolute atomic E-state index is 0.175. The Balaban J connectivity index is 1.52. The molecular formula is C35H30N2O3. The van der Waals surface area contributed by atoms with Crippen LogP contribution in [0.15, 0.2) is 113 Å². The van der Waals surface area contributed by atoms with Gasteiger partial charge in [0, 0.05) is 29.6 Å². The van der Waals surface area contributed by atoms with Crippen molar-refractivity contribution in [2.75, 3.05) is 7.11 Å². The highest BCUT2D eigenvalue weighted by Crippen LogP contribution is 2.35. The summed E-state index contributed by atoms with van der Waals surface area (Å²) in [5.74, 6) is 0.990. The van der Waals surface area contributed by atoms with Crippen LogP contribution in [-0.2, 0) is 0 Å². The topological polar surface area (TPSA) is 74.4 Å². The van der Waals surface area contributed by atoms with E-state index < -0.39 is 0 Å². The SMILES string of the molecule is COc1ccc(N=Cc2cc(-c3ccccc3)cc(C)c2O)c(N=Cc2cc(-c3ccccc3)cc(C)c2O)c1. The Morgan fingerprint density at radius 2 is 1.02 bits per heavy atom. The van der Waals surface area contributed by atoms with Crippen LogP contribution in [0.2, 0.25) is 0 Å². The molecule has 5 nitrogen and oxygen atoms in total. The van der Waals surface area contributed by atoms with E-state index in [1.807, 2.05) is 111 Å². The Morgan fingerprint density at radius 1 is 0.550 bits per heavy atom. The Morgan fingerprint density at radius 3 is 1.50 bits per heavy atom. The first-order valence-corrected chi connectivity index (χ1v) is 13.0. The molecule has 0 aliphatic heterocycles. The summed E-state index contributed by atoms with van der Waals surface area (Å²) < 4.78 is 5.43. The number of rotatable bonds is 7. The van der Waals surface area contributed by atoms with Crippen LogP contribution in [0, 0.1) is 13.8 Å². The summed E-state index contributed by atoms with van der Waals surface area (Å²) in [5.41, 5.74) is 7.98. The number of aryl methyl sites for hydroxylation is 2. The predicted octanol–water partition coefficient (Wildman–Crippen LogP) is 8.56. The summed E-state index contributed by atoms with van der Waals surface area (Å²) in [6.07, 6.45) is 3.29. The standard InChI is InChI=1S/C35H30N2O3/c1-23-16-27(25-10-6-4-7-11-25)18-29(34(23)38)21-36-32-15-14-31(40-3)20-33(32)37-22-30-19-28(17-24(2)35(30)39)26-12-8-5-9-13-26/h4-22,38-39H,1-3H3. The van der Waals surface area contributed by atoms with Crippen LogP contribution >= 0.6 is 0 Å². The van der Waals surface area contributed by atoms with Crippen LogP contribution in [0.1, 0.15) is 22.3 Å². The van der Waals surface area contributed by atoms with Crippen LogP contribution in [0.4, 0.5) is 11.4 Å². The van der Waals surface area contributed by atoms with Crippen LogP contribution in [0.25, 0.3) is 22.3 Å². The summed E-state index contributed by atoms with van der Waals surface area (Å²) in [4.78, 5) is 9.39. The predicted molar refractivity (Wildman–Crippen MR) is 164 cm³/mol. The van der Waals surface area contributed by atoms with Gasteiger partial charge in [-0.05, 0) is 83.6 Å². The van der Waals surface area contributed by atoms with E-state index in [4.69, 9.17) is 9.73 Å². The maximum absolute atomic E-state index is 10.8. The van der Waals surface area contributed by atoms with Gasteiger partial charge in [-0.25, -0.2) is 0 Å². The lowest BCUT2D eigenvalue weighted by Crippen LogP contribution is -1.90. The summed E-state index contributed by atoms with van der Waals surface area (Å²) in [6, 6.07) is 33.2. The van der Waals surface area contributed by atoms with Gasteiger partial charge in [0.1, 0.15) is 17.2 Å². The normalized spacial score (nSPS) is 11.4. The first-order valence-electron chi connectivity index (χ1n) is 13.0. The molecule has 0 radical (unpaired) electrons. The number of ether oxygens (including phenoxy) is 1. The van der Waals surface area contributed by atoms with Crippen molar-refractivity contribution in [3.63, 3.8) is 0 Å². The molecule has 198 valence electrons. The third-order valence-corrected chi connectivity index (χ3v) is 6.74. The molecule has 5 aromatic carbocycles. The second kappa shape index (κ2) is 11.7. The van der Waals surface area contributed by atoms with Gasteiger partial charge < -0.3 is 14.9 Å². The second-order valence-corrected chi connectivity index (χ2v) is 9.57. The number of aromatic hydroxyl groups is 2. The fraction of sp³-hybridized carbons (Fsp3) is 0.0857. The summed E-state index contributed by atoms with van der Waals surface area (Å²) in [5, 5.41) is 21.5. The van der Waals surface area contributed by atoms with Gasteiger partial charge in [-0.2, -0.15) is 0 Å². The highest BCUT2D eigenvalue weighted by molar-refractivity contribution is 5.92. The molecule has 0 fully saturated rings. The molecule has 5 rings (SSSR count). The van der Waals surface area contributed by atoms with E-state index >= 15 is 0 Å². The van der Waals surface area contributed by atoms with Crippen molar-refractivity contribution in [1.82, 2.24) is 0 Å². The van der Waals surface area contributed by atoms with Crippen molar-refractivity contribution < 1.29 is 14.9 Å². The zero-order valence-electron chi connectivity index (χ0n) is 22.7. The monoisotopic (exact) mass is 526 g/mol. The molecule has 40 heavy (non-hydrogen) atoms. The third-order valence-electron chi connectivity index (χ3n) is 6.74. The molecule has 0 atom stereocenters. The Bertz CT molecular complexity index is 1710. The number of benzene rings is 5. The molecule has 0 spiro atoms.